The highest BCUT2D eigenvalue weighted by Crippen LogP contribution is 2.24. The topological polar surface area (TPSA) is 87.3 Å². The summed E-state index contributed by atoms with van der Waals surface area (Å²) in [6.07, 6.45) is 1.35. The zero-order valence-electron chi connectivity index (χ0n) is 11.1. The number of hydrogen-bond donors (Lipinski definition) is 0. The van der Waals surface area contributed by atoms with Gasteiger partial charge in [-0.15, -0.1) is 0 Å². The highest BCUT2D eigenvalue weighted by atomic mass is 16.6. The van der Waals surface area contributed by atoms with Crippen molar-refractivity contribution in [2.45, 2.75) is 13.8 Å². The molecule has 1 aromatic carbocycles. The molecule has 0 aliphatic carbocycles. The molecule has 0 saturated heterocycles. The summed E-state index contributed by atoms with van der Waals surface area (Å²) in [5, 5.41) is 15.1. The van der Waals surface area contributed by atoms with Crippen molar-refractivity contribution in [3.63, 3.8) is 0 Å². The SMILES string of the molecule is CCOC(=O)c1cnn(-c2ccccc2[N+](=O)[O-])c1C. The summed E-state index contributed by atoms with van der Waals surface area (Å²) in [4.78, 5) is 22.3. The number of rotatable bonds is 4. The predicted molar refractivity (Wildman–Crippen MR) is 70.9 cm³/mol. The van der Waals surface area contributed by atoms with Crippen LogP contribution >= 0.6 is 0 Å². The van der Waals surface area contributed by atoms with Crippen molar-refractivity contribution < 1.29 is 14.5 Å². The zero-order chi connectivity index (χ0) is 14.7. The average Bonchev–Trinajstić information content (AvgIpc) is 2.80. The Labute approximate surface area is 114 Å². The van der Waals surface area contributed by atoms with Gasteiger partial charge < -0.3 is 4.74 Å². The lowest BCUT2D eigenvalue weighted by Gasteiger charge is -2.06. The van der Waals surface area contributed by atoms with Crippen LogP contribution in [0.3, 0.4) is 0 Å². The van der Waals surface area contributed by atoms with Crippen LogP contribution in [0.5, 0.6) is 0 Å². The molecule has 1 aromatic heterocycles. The number of carbonyl (C=O) groups excluding carboxylic acids is 1. The van der Waals surface area contributed by atoms with E-state index in [4.69, 9.17) is 4.74 Å². The van der Waals surface area contributed by atoms with Gasteiger partial charge in [-0.2, -0.15) is 5.10 Å². The third-order valence-electron chi connectivity index (χ3n) is 2.81. The molecule has 0 radical (unpaired) electrons. The van der Waals surface area contributed by atoms with Crippen molar-refractivity contribution in [2.75, 3.05) is 6.61 Å². The summed E-state index contributed by atoms with van der Waals surface area (Å²) in [7, 11) is 0. The molecule has 7 nitrogen and oxygen atoms in total. The van der Waals surface area contributed by atoms with E-state index in [-0.39, 0.29) is 12.3 Å². The summed E-state index contributed by atoms with van der Waals surface area (Å²) in [6.45, 7) is 3.63. The maximum atomic E-state index is 11.7. The molecule has 0 unspecified atom stereocenters. The van der Waals surface area contributed by atoms with Gasteiger partial charge in [0.05, 0.1) is 23.4 Å². The van der Waals surface area contributed by atoms with Gasteiger partial charge in [-0.05, 0) is 19.9 Å². The van der Waals surface area contributed by atoms with Gasteiger partial charge in [0.25, 0.3) is 5.69 Å². The minimum atomic E-state index is -0.491. The Hall–Kier alpha value is -2.70. The van der Waals surface area contributed by atoms with E-state index in [1.165, 1.54) is 16.9 Å². The van der Waals surface area contributed by atoms with Crippen LogP contribution in [0.15, 0.2) is 30.5 Å². The van der Waals surface area contributed by atoms with Crippen molar-refractivity contribution in [3.8, 4) is 5.69 Å². The maximum Gasteiger partial charge on any atom is 0.341 e. The molecule has 1 heterocycles. The van der Waals surface area contributed by atoms with E-state index < -0.39 is 10.9 Å². The molecule has 0 bridgehead atoms. The van der Waals surface area contributed by atoms with Gasteiger partial charge in [-0.25, -0.2) is 9.48 Å². The fourth-order valence-electron chi connectivity index (χ4n) is 1.86. The average molecular weight is 275 g/mol. The third kappa shape index (κ3) is 2.37. The smallest absolute Gasteiger partial charge is 0.341 e. The molecule has 0 spiro atoms. The second kappa shape index (κ2) is 5.52. The molecule has 2 aromatic rings. The van der Waals surface area contributed by atoms with Gasteiger partial charge in [0.2, 0.25) is 0 Å². The molecule has 0 aliphatic heterocycles. The molecule has 20 heavy (non-hydrogen) atoms. The Morgan fingerprint density at radius 2 is 2.15 bits per heavy atom. The van der Waals surface area contributed by atoms with Crippen molar-refractivity contribution >= 4 is 11.7 Å². The number of hydrogen-bond acceptors (Lipinski definition) is 5. The lowest BCUT2D eigenvalue weighted by atomic mass is 10.2. The van der Waals surface area contributed by atoms with Crippen molar-refractivity contribution in [1.29, 1.82) is 0 Å². The minimum absolute atomic E-state index is 0.0749. The van der Waals surface area contributed by atoms with Gasteiger partial charge in [0.1, 0.15) is 11.3 Å². The Bertz CT molecular complexity index is 663. The van der Waals surface area contributed by atoms with Gasteiger partial charge in [0, 0.05) is 6.07 Å². The standard InChI is InChI=1S/C13H13N3O4/c1-3-20-13(17)10-8-14-15(9(10)2)11-6-4-5-7-12(11)16(18)19/h4-8H,3H2,1-2H3. The molecule has 104 valence electrons. The van der Waals surface area contributed by atoms with Crippen LogP contribution in [0, 0.1) is 17.0 Å². The molecule has 0 atom stereocenters. The lowest BCUT2D eigenvalue weighted by Crippen LogP contribution is -2.07. The summed E-state index contributed by atoms with van der Waals surface area (Å²) < 4.78 is 6.27. The Morgan fingerprint density at radius 3 is 2.80 bits per heavy atom. The van der Waals surface area contributed by atoms with Crippen LogP contribution in [0.2, 0.25) is 0 Å². The number of ether oxygens (including phenoxy) is 1. The van der Waals surface area contributed by atoms with Gasteiger partial charge in [0.15, 0.2) is 0 Å². The summed E-state index contributed by atoms with van der Waals surface area (Å²) in [5.41, 5.74) is 1.03. The molecule has 7 heteroatoms. The third-order valence-corrected chi connectivity index (χ3v) is 2.81. The number of carbonyl (C=O) groups is 1. The fourth-order valence-corrected chi connectivity index (χ4v) is 1.86. The molecule has 0 saturated carbocycles. The van der Waals surface area contributed by atoms with Gasteiger partial charge >= 0.3 is 5.97 Å². The van der Waals surface area contributed by atoms with E-state index in [9.17, 15) is 14.9 Å². The largest absolute Gasteiger partial charge is 0.462 e. The number of nitro groups is 1. The first-order valence-electron chi connectivity index (χ1n) is 6.01. The minimum Gasteiger partial charge on any atom is -0.462 e. The van der Waals surface area contributed by atoms with Crippen LogP contribution < -0.4 is 0 Å². The number of aromatic nitrogens is 2. The normalized spacial score (nSPS) is 10.3. The molecule has 2 rings (SSSR count). The number of nitrogens with zero attached hydrogens (tertiary/aromatic N) is 3. The van der Waals surface area contributed by atoms with E-state index in [0.717, 1.165) is 0 Å². The van der Waals surface area contributed by atoms with Crippen molar-refractivity contribution in [3.05, 3.63) is 51.8 Å². The monoisotopic (exact) mass is 275 g/mol. The number of para-hydroxylation sites is 2. The summed E-state index contributed by atoms with van der Waals surface area (Å²) in [5.74, 6) is -0.491. The first-order chi connectivity index (χ1) is 9.56. The van der Waals surface area contributed by atoms with E-state index in [0.29, 0.717) is 16.9 Å². The van der Waals surface area contributed by atoms with E-state index in [1.54, 1.807) is 32.0 Å². The second-order valence-corrected chi connectivity index (χ2v) is 4.02. The summed E-state index contributed by atoms with van der Waals surface area (Å²) in [6, 6.07) is 6.22. The van der Waals surface area contributed by atoms with E-state index in [1.807, 2.05) is 0 Å². The molecule has 0 amide bonds. The first kappa shape index (κ1) is 13.7. The zero-order valence-corrected chi connectivity index (χ0v) is 11.1. The number of benzene rings is 1. The van der Waals surface area contributed by atoms with Gasteiger partial charge in [-0.1, -0.05) is 12.1 Å². The highest BCUT2D eigenvalue weighted by Gasteiger charge is 2.20. The molecule has 0 fully saturated rings. The second-order valence-electron chi connectivity index (χ2n) is 4.02. The van der Waals surface area contributed by atoms with Crippen LogP contribution in [0.25, 0.3) is 5.69 Å². The Morgan fingerprint density at radius 1 is 1.45 bits per heavy atom. The van der Waals surface area contributed by atoms with Gasteiger partial charge in [-0.3, -0.25) is 10.1 Å². The molecular formula is C13H13N3O4. The Balaban J connectivity index is 2.50. The van der Waals surface area contributed by atoms with Crippen LogP contribution in [0.1, 0.15) is 23.0 Å². The van der Waals surface area contributed by atoms with Crippen LogP contribution in [-0.4, -0.2) is 27.3 Å². The van der Waals surface area contributed by atoms with Crippen LogP contribution in [0.4, 0.5) is 5.69 Å². The first-order valence-corrected chi connectivity index (χ1v) is 6.01. The maximum absolute atomic E-state index is 11.7. The van der Waals surface area contributed by atoms with Crippen molar-refractivity contribution in [2.24, 2.45) is 0 Å². The molecular weight excluding hydrogens is 262 g/mol. The van der Waals surface area contributed by atoms with E-state index in [2.05, 4.69) is 5.10 Å². The Kier molecular flexibility index (Phi) is 3.79. The predicted octanol–water partition coefficient (Wildman–Crippen LogP) is 2.27. The number of esters is 1. The summed E-state index contributed by atoms with van der Waals surface area (Å²) >= 11 is 0. The highest BCUT2D eigenvalue weighted by molar-refractivity contribution is 5.90. The number of nitro benzene ring substituents is 1. The van der Waals surface area contributed by atoms with Crippen molar-refractivity contribution in [1.82, 2.24) is 9.78 Å². The molecule has 0 aliphatic rings. The fraction of sp³-hybridized carbons (Fsp3) is 0.231. The van der Waals surface area contributed by atoms with Crippen LogP contribution in [-0.2, 0) is 4.74 Å². The molecule has 0 N–H and O–H groups in total. The quantitative estimate of drug-likeness (QED) is 0.485. The van der Waals surface area contributed by atoms with E-state index >= 15 is 0 Å². The lowest BCUT2D eigenvalue weighted by molar-refractivity contribution is -0.384.